The van der Waals surface area contributed by atoms with Gasteiger partial charge in [0.2, 0.25) is 0 Å². The van der Waals surface area contributed by atoms with E-state index in [4.69, 9.17) is 0 Å². The molecule has 2 unspecified atom stereocenters. The highest BCUT2D eigenvalue weighted by molar-refractivity contribution is 5.57. The summed E-state index contributed by atoms with van der Waals surface area (Å²) in [6.07, 6.45) is 9.57. The van der Waals surface area contributed by atoms with E-state index in [0.29, 0.717) is 11.8 Å². The summed E-state index contributed by atoms with van der Waals surface area (Å²) in [5.41, 5.74) is 2.69. The van der Waals surface area contributed by atoms with E-state index in [9.17, 15) is 0 Å². The molecule has 0 aromatic heterocycles. The minimum Gasteiger partial charge on any atom is -0.102 e. The van der Waals surface area contributed by atoms with Crippen LogP contribution in [0.4, 0.5) is 0 Å². The first-order valence-electron chi connectivity index (χ1n) is 6.37. The van der Waals surface area contributed by atoms with Crippen LogP contribution in [-0.2, 0) is 0 Å². The third-order valence-corrected chi connectivity index (χ3v) is 3.03. The molecule has 90 valence electrons. The molecule has 0 heteroatoms. The van der Waals surface area contributed by atoms with E-state index in [0.717, 1.165) is 6.42 Å². The van der Waals surface area contributed by atoms with E-state index in [1.165, 1.54) is 11.1 Å². The van der Waals surface area contributed by atoms with Crippen LogP contribution < -0.4 is 0 Å². The van der Waals surface area contributed by atoms with Crippen molar-refractivity contribution in [3.8, 4) is 0 Å². The summed E-state index contributed by atoms with van der Waals surface area (Å²) in [4.78, 5) is 0. The molecule has 2 rings (SSSR count). The maximum absolute atomic E-state index is 3.93. The molecule has 0 saturated heterocycles. The Labute approximate surface area is 105 Å². The molecule has 0 nitrogen and oxygen atoms in total. The normalized spacial score (nSPS) is 21.5. The molecule has 2 atom stereocenters. The van der Waals surface area contributed by atoms with Gasteiger partial charge in [0.15, 0.2) is 0 Å². The van der Waals surface area contributed by atoms with Crippen LogP contribution in [-0.4, -0.2) is 0 Å². The van der Waals surface area contributed by atoms with Crippen molar-refractivity contribution in [3.63, 3.8) is 0 Å². The fraction of sp³-hybridized carbons (Fsp3) is 0.294. The van der Waals surface area contributed by atoms with Crippen LogP contribution in [0.3, 0.4) is 0 Å². The Morgan fingerprint density at radius 3 is 2.47 bits per heavy atom. The first kappa shape index (κ1) is 13.5. The Kier molecular flexibility index (Phi) is 5.48. The van der Waals surface area contributed by atoms with Crippen LogP contribution in [0.25, 0.3) is 6.08 Å². The van der Waals surface area contributed by atoms with Crippen molar-refractivity contribution in [1.82, 2.24) is 0 Å². The molecule has 0 aliphatic heterocycles. The van der Waals surface area contributed by atoms with E-state index in [2.05, 4.69) is 49.6 Å². The monoisotopic (exact) mass is 226 g/mol. The first-order valence-corrected chi connectivity index (χ1v) is 6.37. The van der Waals surface area contributed by atoms with Crippen LogP contribution in [0.1, 0.15) is 37.3 Å². The quantitative estimate of drug-likeness (QED) is 0.608. The van der Waals surface area contributed by atoms with Crippen molar-refractivity contribution in [1.29, 1.82) is 0 Å². The van der Waals surface area contributed by atoms with Gasteiger partial charge in [-0.3, -0.25) is 0 Å². The van der Waals surface area contributed by atoms with Crippen LogP contribution in [0.5, 0.6) is 0 Å². The minimum atomic E-state index is 0.444. The van der Waals surface area contributed by atoms with E-state index in [1.54, 1.807) is 0 Å². The summed E-state index contributed by atoms with van der Waals surface area (Å²) >= 11 is 0. The zero-order valence-corrected chi connectivity index (χ0v) is 10.9. The Bertz CT molecular complexity index is 398. The van der Waals surface area contributed by atoms with Crippen molar-refractivity contribution in [3.05, 3.63) is 66.8 Å². The maximum atomic E-state index is 3.93. The Morgan fingerprint density at radius 2 is 1.82 bits per heavy atom. The SMILES string of the molecule is C=CC1C=Cc2ccccc2C(C=C)C1.CC. The topological polar surface area (TPSA) is 0 Å². The Balaban J connectivity index is 0.000000686. The smallest absolute Gasteiger partial charge is 0.00298 e. The second-order valence-electron chi connectivity index (χ2n) is 3.97. The van der Waals surface area contributed by atoms with Crippen LogP contribution in [0.15, 0.2) is 55.7 Å². The summed E-state index contributed by atoms with van der Waals surface area (Å²) in [5, 5.41) is 0. The molecule has 1 aliphatic carbocycles. The lowest BCUT2D eigenvalue weighted by atomic mass is 9.89. The van der Waals surface area contributed by atoms with Gasteiger partial charge in [-0.1, -0.05) is 62.4 Å². The van der Waals surface area contributed by atoms with Crippen molar-refractivity contribution in [2.75, 3.05) is 0 Å². The molecule has 0 amide bonds. The highest BCUT2D eigenvalue weighted by Crippen LogP contribution is 2.32. The molecule has 0 N–H and O–H groups in total. The van der Waals surface area contributed by atoms with Crippen molar-refractivity contribution >= 4 is 6.08 Å². The van der Waals surface area contributed by atoms with E-state index in [1.807, 2.05) is 26.0 Å². The number of rotatable bonds is 2. The zero-order chi connectivity index (χ0) is 12.7. The van der Waals surface area contributed by atoms with Gasteiger partial charge in [-0.2, -0.15) is 0 Å². The second kappa shape index (κ2) is 6.90. The lowest BCUT2D eigenvalue weighted by Crippen LogP contribution is -2.00. The summed E-state index contributed by atoms with van der Waals surface area (Å²) in [5.74, 6) is 0.902. The zero-order valence-electron chi connectivity index (χ0n) is 10.9. The standard InChI is InChI=1S/C15H16.C2H6/c1-3-12-9-10-14-7-5-6-8-15(14)13(4-2)11-12;1-2/h3-10,12-13H,1-2,11H2;1-2H3. The number of allylic oxidation sites excluding steroid dienone is 3. The van der Waals surface area contributed by atoms with Crippen LogP contribution in [0.2, 0.25) is 0 Å². The Hall–Kier alpha value is -1.56. The minimum absolute atomic E-state index is 0.444. The fourth-order valence-electron chi connectivity index (χ4n) is 2.12. The van der Waals surface area contributed by atoms with Gasteiger partial charge in [0.05, 0.1) is 0 Å². The molecule has 1 aromatic rings. The lowest BCUT2D eigenvalue weighted by molar-refractivity contribution is 0.658. The number of fused-ring (bicyclic) bond motifs is 1. The van der Waals surface area contributed by atoms with Crippen molar-refractivity contribution in [2.24, 2.45) is 5.92 Å². The highest BCUT2D eigenvalue weighted by Gasteiger charge is 2.16. The predicted molar refractivity (Wildman–Crippen MR) is 78.1 cm³/mol. The summed E-state index contributed by atoms with van der Waals surface area (Å²) in [6, 6.07) is 8.53. The van der Waals surface area contributed by atoms with E-state index >= 15 is 0 Å². The predicted octanol–water partition coefficient (Wildman–Crippen LogP) is 5.20. The van der Waals surface area contributed by atoms with E-state index < -0.39 is 0 Å². The average molecular weight is 226 g/mol. The largest absolute Gasteiger partial charge is 0.102 e. The molecule has 1 aromatic carbocycles. The molecule has 0 heterocycles. The van der Waals surface area contributed by atoms with Gasteiger partial charge in [-0.05, 0) is 23.5 Å². The van der Waals surface area contributed by atoms with Gasteiger partial charge in [0, 0.05) is 5.92 Å². The average Bonchev–Trinajstić information content (AvgIpc) is 2.60. The summed E-state index contributed by atoms with van der Waals surface area (Å²) < 4.78 is 0. The molecule has 0 fully saturated rings. The second-order valence-corrected chi connectivity index (χ2v) is 3.97. The molecule has 0 bridgehead atoms. The third-order valence-electron chi connectivity index (χ3n) is 3.03. The third kappa shape index (κ3) is 3.20. The lowest BCUT2D eigenvalue weighted by Gasteiger charge is -2.15. The Morgan fingerprint density at radius 1 is 1.12 bits per heavy atom. The van der Waals surface area contributed by atoms with Gasteiger partial charge in [0.1, 0.15) is 0 Å². The molecule has 0 spiro atoms. The molecular formula is C17H22. The number of hydrogen-bond donors (Lipinski definition) is 0. The molecule has 17 heavy (non-hydrogen) atoms. The van der Waals surface area contributed by atoms with Gasteiger partial charge in [0.25, 0.3) is 0 Å². The molecular weight excluding hydrogens is 204 g/mol. The molecule has 0 saturated carbocycles. The van der Waals surface area contributed by atoms with Gasteiger partial charge >= 0.3 is 0 Å². The van der Waals surface area contributed by atoms with Crippen LogP contribution in [0, 0.1) is 5.92 Å². The number of benzene rings is 1. The molecule has 1 aliphatic rings. The van der Waals surface area contributed by atoms with E-state index in [-0.39, 0.29) is 0 Å². The number of hydrogen-bond acceptors (Lipinski definition) is 0. The summed E-state index contributed by atoms with van der Waals surface area (Å²) in [7, 11) is 0. The van der Waals surface area contributed by atoms with Crippen molar-refractivity contribution in [2.45, 2.75) is 26.2 Å². The van der Waals surface area contributed by atoms with Gasteiger partial charge < -0.3 is 0 Å². The van der Waals surface area contributed by atoms with Crippen molar-refractivity contribution < 1.29 is 0 Å². The van der Waals surface area contributed by atoms with Crippen LogP contribution >= 0.6 is 0 Å². The first-order chi connectivity index (χ1) is 8.35. The maximum Gasteiger partial charge on any atom is 0.00298 e. The summed E-state index contributed by atoms with van der Waals surface area (Å²) in [6.45, 7) is 11.8. The fourth-order valence-corrected chi connectivity index (χ4v) is 2.12. The van der Waals surface area contributed by atoms with Gasteiger partial charge in [-0.25, -0.2) is 0 Å². The van der Waals surface area contributed by atoms with Gasteiger partial charge in [-0.15, -0.1) is 13.2 Å². The molecule has 0 radical (unpaired) electrons. The highest BCUT2D eigenvalue weighted by atomic mass is 14.2.